The molecule has 1 aromatic rings. The van der Waals surface area contributed by atoms with Crippen LogP contribution < -0.4 is 5.43 Å². The van der Waals surface area contributed by atoms with Gasteiger partial charge >= 0.3 is 0 Å². The lowest BCUT2D eigenvalue weighted by Crippen LogP contribution is -1.92. The van der Waals surface area contributed by atoms with Gasteiger partial charge in [0, 0.05) is 0 Å². The van der Waals surface area contributed by atoms with Crippen molar-refractivity contribution >= 4 is 28.7 Å². The Balaban J connectivity index is 2.49. The van der Waals surface area contributed by atoms with Crippen molar-refractivity contribution in [2.75, 3.05) is 5.43 Å². The van der Waals surface area contributed by atoms with Gasteiger partial charge in [-0.2, -0.15) is 5.10 Å². The first kappa shape index (κ1) is 8.74. The maximum atomic E-state index is 10.2. The highest BCUT2D eigenvalue weighted by molar-refractivity contribution is 6.78. The highest BCUT2D eigenvalue weighted by atomic mass is 35.5. The van der Waals surface area contributed by atoms with Gasteiger partial charge in [0.1, 0.15) is 6.21 Å². The fourth-order valence-corrected chi connectivity index (χ4v) is 0.719. The van der Waals surface area contributed by atoms with E-state index in [-0.39, 0.29) is 0 Å². The number of nitrogens with one attached hydrogen (secondary N) is 1. The minimum Gasteiger partial charge on any atom is -0.278 e. The smallest absolute Gasteiger partial charge is 0.265 e. The molecule has 0 fully saturated rings. The van der Waals surface area contributed by atoms with Crippen molar-refractivity contribution in [3.63, 3.8) is 0 Å². The van der Waals surface area contributed by atoms with Gasteiger partial charge in [0.15, 0.2) is 0 Å². The predicted octanol–water partition coefficient (Wildman–Crippen LogP) is 1.85. The number of carbonyl (C=O) groups is 1. The SMILES string of the molecule is O=C(Cl)C=NNc1ccccc1. The first-order valence-electron chi connectivity index (χ1n) is 3.32. The third-order valence-electron chi connectivity index (χ3n) is 1.13. The van der Waals surface area contributed by atoms with E-state index in [1.807, 2.05) is 30.3 Å². The van der Waals surface area contributed by atoms with Crippen LogP contribution in [-0.2, 0) is 4.79 Å². The summed E-state index contributed by atoms with van der Waals surface area (Å²) in [6, 6.07) is 9.27. The summed E-state index contributed by atoms with van der Waals surface area (Å²) in [5, 5.41) is 2.99. The van der Waals surface area contributed by atoms with E-state index in [0.717, 1.165) is 11.9 Å². The molecule has 0 bridgehead atoms. The van der Waals surface area contributed by atoms with Gasteiger partial charge in [0.2, 0.25) is 0 Å². The number of para-hydroxylation sites is 1. The Morgan fingerprint density at radius 3 is 2.67 bits per heavy atom. The molecule has 1 aromatic carbocycles. The van der Waals surface area contributed by atoms with E-state index < -0.39 is 5.24 Å². The van der Waals surface area contributed by atoms with E-state index in [4.69, 9.17) is 11.6 Å². The summed E-state index contributed by atoms with van der Waals surface area (Å²) in [5.74, 6) is 0. The topological polar surface area (TPSA) is 41.5 Å². The lowest BCUT2D eigenvalue weighted by Gasteiger charge is -1.96. The third-order valence-corrected chi connectivity index (χ3v) is 1.23. The minimum absolute atomic E-state index is 0.599. The quantitative estimate of drug-likeness (QED) is 0.440. The number of nitrogens with zero attached hydrogens (tertiary/aromatic N) is 1. The van der Waals surface area contributed by atoms with Crippen LogP contribution in [0, 0.1) is 0 Å². The molecule has 0 saturated carbocycles. The molecule has 0 aliphatic carbocycles. The molecular formula is C8H7ClN2O. The third kappa shape index (κ3) is 3.16. The lowest BCUT2D eigenvalue weighted by molar-refractivity contribution is -0.105. The van der Waals surface area contributed by atoms with Gasteiger partial charge in [-0.3, -0.25) is 10.2 Å². The van der Waals surface area contributed by atoms with Crippen LogP contribution >= 0.6 is 11.6 Å². The zero-order valence-corrected chi connectivity index (χ0v) is 6.95. The Labute approximate surface area is 75.0 Å². The van der Waals surface area contributed by atoms with Crippen LogP contribution in [0.5, 0.6) is 0 Å². The Bertz CT molecular complexity index is 284. The van der Waals surface area contributed by atoms with E-state index >= 15 is 0 Å². The van der Waals surface area contributed by atoms with E-state index in [2.05, 4.69) is 10.5 Å². The van der Waals surface area contributed by atoms with Crippen molar-refractivity contribution < 1.29 is 4.79 Å². The number of carbonyl (C=O) groups excluding carboxylic acids is 1. The molecule has 0 spiro atoms. The highest BCUT2D eigenvalue weighted by Gasteiger charge is 1.86. The highest BCUT2D eigenvalue weighted by Crippen LogP contribution is 2.03. The van der Waals surface area contributed by atoms with Crippen molar-refractivity contribution in [3.8, 4) is 0 Å². The number of hydrogen-bond acceptors (Lipinski definition) is 3. The van der Waals surface area contributed by atoms with Gasteiger partial charge in [-0.15, -0.1) is 0 Å². The molecule has 0 aliphatic rings. The van der Waals surface area contributed by atoms with Crippen LogP contribution in [0.3, 0.4) is 0 Å². The van der Waals surface area contributed by atoms with Crippen molar-refractivity contribution in [1.82, 2.24) is 0 Å². The first-order chi connectivity index (χ1) is 5.79. The number of anilines is 1. The molecule has 0 heterocycles. The maximum Gasteiger partial charge on any atom is 0.265 e. The molecule has 0 saturated heterocycles. The largest absolute Gasteiger partial charge is 0.278 e. The molecule has 0 radical (unpaired) electrons. The van der Waals surface area contributed by atoms with Crippen LogP contribution in [0.1, 0.15) is 0 Å². The summed E-state index contributed by atoms with van der Waals surface area (Å²) < 4.78 is 0. The molecule has 0 atom stereocenters. The minimum atomic E-state index is -0.599. The molecule has 62 valence electrons. The number of halogens is 1. The Kier molecular flexibility index (Phi) is 3.29. The molecular weight excluding hydrogens is 176 g/mol. The van der Waals surface area contributed by atoms with Crippen LogP contribution in [0.4, 0.5) is 5.69 Å². The van der Waals surface area contributed by atoms with Crippen molar-refractivity contribution in [2.24, 2.45) is 5.10 Å². The Morgan fingerprint density at radius 2 is 2.08 bits per heavy atom. The molecule has 4 heteroatoms. The van der Waals surface area contributed by atoms with E-state index in [1.54, 1.807) is 0 Å². The molecule has 0 amide bonds. The Morgan fingerprint density at radius 1 is 1.42 bits per heavy atom. The van der Waals surface area contributed by atoms with Crippen molar-refractivity contribution in [1.29, 1.82) is 0 Å². The molecule has 1 rings (SSSR count). The summed E-state index contributed by atoms with van der Waals surface area (Å²) in [6.07, 6.45) is 1.01. The second-order valence-corrected chi connectivity index (χ2v) is 2.41. The number of hydrogen-bond donors (Lipinski definition) is 1. The average Bonchev–Trinajstić information content (AvgIpc) is 2.05. The number of hydrazone groups is 1. The van der Waals surface area contributed by atoms with Crippen LogP contribution in [0.2, 0.25) is 0 Å². The van der Waals surface area contributed by atoms with Gasteiger partial charge in [0.05, 0.1) is 5.69 Å². The molecule has 12 heavy (non-hydrogen) atoms. The standard InChI is InChI=1S/C8H7ClN2O/c9-8(12)6-10-11-7-4-2-1-3-5-7/h1-6,11H. The molecule has 0 aromatic heterocycles. The van der Waals surface area contributed by atoms with Crippen LogP contribution in [0.25, 0.3) is 0 Å². The van der Waals surface area contributed by atoms with Gasteiger partial charge in [-0.25, -0.2) is 0 Å². The zero-order chi connectivity index (χ0) is 8.81. The average molecular weight is 183 g/mol. The number of benzene rings is 1. The molecule has 0 unspecified atom stereocenters. The van der Waals surface area contributed by atoms with E-state index in [9.17, 15) is 4.79 Å². The fourth-order valence-electron chi connectivity index (χ4n) is 0.670. The first-order valence-corrected chi connectivity index (χ1v) is 3.70. The van der Waals surface area contributed by atoms with Gasteiger partial charge < -0.3 is 0 Å². The molecule has 3 nitrogen and oxygen atoms in total. The van der Waals surface area contributed by atoms with Gasteiger partial charge in [-0.05, 0) is 23.7 Å². The lowest BCUT2D eigenvalue weighted by atomic mass is 10.3. The van der Waals surface area contributed by atoms with Gasteiger partial charge in [0.25, 0.3) is 5.24 Å². The van der Waals surface area contributed by atoms with E-state index in [1.165, 1.54) is 0 Å². The maximum absolute atomic E-state index is 10.2. The fraction of sp³-hybridized carbons (Fsp3) is 0. The summed E-state index contributed by atoms with van der Waals surface area (Å²) in [6.45, 7) is 0. The van der Waals surface area contributed by atoms with Crippen LogP contribution in [-0.4, -0.2) is 11.5 Å². The Hall–Kier alpha value is -1.35. The summed E-state index contributed by atoms with van der Waals surface area (Å²) >= 11 is 5.02. The molecule has 1 N–H and O–H groups in total. The monoisotopic (exact) mass is 182 g/mol. The predicted molar refractivity (Wildman–Crippen MR) is 49.4 cm³/mol. The van der Waals surface area contributed by atoms with Crippen molar-refractivity contribution in [3.05, 3.63) is 30.3 Å². The van der Waals surface area contributed by atoms with Crippen LogP contribution in [0.15, 0.2) is 35.4 Å². The summed E-state index contributed by atoms with van der Waals surface area (Å²) in [5.41, 5.74) is 3.45. The second-order valence-electron chi connectivity index (χ2n) is 2.04. The van der Waals surface area contributed by atoms with Gasteiger partial charge in [-0.1, -0.05) is 18.2 Å². The zero-order valence-electron chi connectivity index (χ0n) is 6.20. The summed E-state index contributed by atoms with van der Waals surface area (Å²) in [4.78, 5) is 10.2. The second kappa shape index (κ2) is 4.51. The van der Waals surface area contributed by atoms with E-state index in [0.29, 0.717) is 0 Å². The molecule has 0 aliphatic heterocycles. The number of rotatable bonds is 3. The van der Waals surface area contributed by atoms with Crippen molar-refractivity contribution in [2.45, 2.75) is 0 Å². The normalized spacial score (nSPS) is 10.1. The summed E-state index contributed by atoms with van der Waals surface area (Å²) in [7, 11) is 0.